The molecule has 0 aliphatic carbocycles. The summed E-state index contributed by atoms with van der Waals surface area (Å²) in [5.74, 6) is -5.34. The van der Waals surface area contributed by atoms with Gasteiger partial charge in [0.15, 0.2) is 5.96 Å². The van der Waals surface area contributed by atoms with Crippen LogP contribution in [0.15, 0.2) is 29.3 Å². The van der Waals surface area contributed by atoms with Crippen LogP contribution in [0, 0.1) is 5.92 Å². The van der Waals surface area contributed by atoms with Crippen LogP contribution in [0.5, 0.6) is 5.75 Å². The molecule has 0 aliphatic heterocycles. The molecule has 15 heteroatoms. The number of amides is 3. The Morgan fingerprint density at radius 3 is 1.88 bits per heavy atom. The lowest BCUT2D eigenvalue weighted by molar-refractivity contribution is -0.142. The normalized spacial score (nSPS) is 13.8. The molecule has 0 saturated carbocycles. The minimum Gasteiger partial charge on any atom is -0.508 e. The zero-order chi connectivity index (χ0) is 30.4. The molecule has 12 N–H and O–H groups in total. The van der Waals surface area contributed by atoms with Crippen molar-refractivity contribution in [2.45, 2.75) is 70.1 Å². The molecule has 3 amide bonds. The lowest BCUT2D eigenvalue weighted by Crippen LogP contribution is -2.57. The second kappa shape index (κ2) is 16.5. The number of nitrogens with zero attached hydrogens (tertiary/aromatic N) is 1. The first-order valence-electron chi connectivity index (χ1n) is 12.7. The molecule has 0 spiro atoms. The Hall–Kier alpha value is -4.40. The number of phenolic OH excluding ortho intramolecular Hbond substituents is 1. The average Bonchev–Trinajstić information content (AvgIpc) is 2.87. The summed E-state index contributed by atoms with van der Waals surface area (Å²) in [6, 6.07) is 0.822. The highest BCUT2D eigenvalue weighted by atomic mass is 16.4. The summed E-state index contributed by atoms with van der Waals surface area (Å²) < 4.78 is 0. The van der Waals surface area contributed by atoms with Crippen LogP contribution in [0.1, 0.15) is 45.1 Å². The fraction of sp³-hybridized carbons (Fsp3) is 0.520. The molecule has 4 atom stereocenters. The van der Waals surface area contributed by atoms with E-state index in [2.05, 4.69) is 20.9 Å². The van der Waals surface area contributed by atoms with E-state index in [4.69, 9.17) is 22.3 Å². The van der Waals surface area contributed by atoms with Gasteiger partial charge in [0, 0.05) is 19.4 Å². The number of nitrogens with two attached hydrogens (primary N) is 3. The van der Waals surface area contributed by atoms with Crippen molar-refractivity contribution in [2.24, 2.45) is 28.1 Å². The predicted octanol–water partition coefficient (Wildman–Crippen LogP) is -1.62. The number of aliphatic imine (C=N–C) groups is 1. The molecule has 40 heavy (non-hydrogen) atoms. The van der Waals surface area contributed by atoms with Crippen molar-refractivity contribution in [1.29, 1.82) is 0 Å². The van der Waals surface area contributed by atoms with Crippen molar-refractivity contribution in [3.8, 4) is 5.75 Å². The Kier molecular flexibility index (Phi) is 13.9. The van der Waals surface area contributed by atoms with E-state index < -0.39 is 60.2 Å². The molecular formula is C25H39N7O8. The van der Waals surface area contributed by atoms with Gasteiger partial charge in [0.2, 0.25) is 17.7 Å². The molecule has 0 heterocycles. The Balaban J connectivity index is 3.12. The average molecular weight is 566 g/mol. The van der Waals surface area contributed by atoms with Crippen LogP contribution in [0.4, 0.5) is 0 Å². The number of aliphatic carboxylic acids is 2. The number of carbonyl (C=O) groups excluding carboxylic acids is 3. The van der Waals surface area contributed by atoms with Gasteiger partial charge in [-0.25, -0.2) is 4.79 Å². The van der Waals surface area contributed by atoms with Gasteiger partial charge in [-0.1, -0.05) is 26.0 Å². The van der Waals surface area contributed by atoms with Gasteiger partial charge in [0.25, 0.3) is 0 Å². The molecular weight excluding hydrogens is 526 g/mol. The van der Waals surface area contributed by atoms with Gasteiger partial charge < -0.3 is 48.5 Å². The van der Waals surface area contributed by atoms with Gasteiger partial charge in [-0.3, -0.25) is 24.2 Å². The maximum Gasteiger partial charge on any atom is 0.326 e. The van der Waals surface area contributed by atoms with Crippen LogP contribution < -0.4 is 33.2 Å². The van der Waals surface area contributed by atoms with Crippen LogP contribution in [-0.4, -0.2) is 81.7 Å². The van der Waals surface area contributed by atoms with Crippen molar-refractivity contribution in [3.05, 3.63) is 29.8 Å². The number of benzene rings is 1. The minimum absolute atomic E-state index is 0.00892. The number of phenols is 1. The zero-order valence-corrected chi connectivity index (χ0v) is 22.5. The van der Waals surface area contributed by atoms with E-state index in [9.17, 15) is 34.2 Å². The SMILES string of the molecule is CC(C)C(N)C(=O)NC(CCC(=O)O)C(=O)NC(CCCN=C(N)N)C(=O)NC(Cc1ccc(O)cc1)C(=O)O. The molecule has 4 unspecified atom stereocenters. The third-order valence-corrected chi connectivity index (χ3v) is 5.87. The predicted molar refractivity (Wildman–Crippen MR) is 145 cm³/mol. The number of rotatable bonds is 17. The Bertz CT molecular complexity index is 1060. The van der Waals surface area contributed by atoms with Crippen LogP contribution in [0.25, 0.3) is 0 Å². The van der Waals surface area contributed by atoms with E-state index >= 15 is 0 Å². The van der Waals surface area contributed by atoms with E-state index in [0.29, 0.717) is 5.56 Å². The third-order valence-electron chi connectivity index (χ3n) is 5.87. The summed E-state index contributed by atoms with van der Waals surface area (Å²) in [6.07, 6.45) is -0.634. The number of hydrogen-bond donors (Lipinski definition) is 9. The molecule has 0 aromatic heterocycles. The Morgan fingerprint density at radius 1 is 0.850 bits per heavy atom. The van der Waals surface area contributed by atoms with E-state index in [-0.39, 0.29) is 49.9 Å². The standard InChI is InChI=1S/C25H39N7O8/c1-13(2)20(26)23(38)31-17(9-10-19(34)35)22(37)30-16(4-3-11-29-25(27)28)21(36)32-18(24(39)40)12-14-5-7-15(33)8-6-14/h5-8,13,16-18,20,33H,3-4,9-12,26H2,1-2H3,(H,30,37)(H,31,38)(H,32,36)(H,34,35)(H,39,40)(H4,27,28,29). The highest BCUT2D eigenvalue weighted by Gasteiger charge is 2.31. The molecule has 0 fully saturated rings. The summed E-state index contributed by atoms with van der Waals surface area (Å²) in [5, 5.41) is 35.5. The summed E-state index contributed by atoms with van der Waals surface area (Å²) in [7, 11) is 0. The van der Waals surface area contributed by atoms with Gasteiger partial charge in [0.1, 0.15) is 23.9 Å². The largest absolute Gasteiger partial charge is 0.508 e. The molecule has 1 aromatic carbocycles. The number of guanidine groups is 1. The summed E-state index contributed by atoms with van der Waals surface area (Å²) in [6.45, 7) is 3.51. The molecule has 0 aliphatic rings. The van der Waals surface area contributed by atoms with Crippen molar-refractivity contribution < 1.29 is 39.3 Å². The van der Waals surface area contributed by atoms with Crippen LogP contribution in [-0.2, 0) is 30.4 Å². The molecule has 1 rings (SSSR count). The van der Waals surface area contributed by atoms with Gasteiger partial charge in [-0.2, -0.15) is 0 Å². The van der Waals surface area contributed by atoms with Crippen molar-refractivity contribution in [2.75, 3.05) is 6.54 Å². The fourth-order valence-corrected chi connectivity index (χ4v) is 3.49. The van der Waals surface area contributed by atoms with Crippen molar-refractivity contribution >= 4 is 35.6 Å². The minimum atomic E-state index is -1.37. The van der Waals surface area contributed by atoms with E-state index in [1.807, 2.05) is 0 Å². The number of aromatic hydroxyl groups is 1. The molecule has 0 saturated heterocycles. The Labute approximate surface area is 231 Å². The molecule has 1 aromatic rings. The van der Waals surface area contributed by atoms with Gasteiger partial charge >= 0.3 is 11.9 Å². The van der Waals surface area contributed by atoms with Crippen molar-refractivity contribution in [1.82, 2.24) is 16.0 Å². The number of carboxylic acid groups (broad SMARTS) is 2. The number of hydrogen-bond acceptors (Lipinski definition) is 8. The topological polar surface area (TPSA) is 273 Å². The van der Waals surface area contributed by atoms with E-state index in [1.54, 1.807) is 13.8 Å². The lowest BCUT2D eigenvalue weighted by Gasteiger charge is -2.25. The fourth-order valence-electron chi connectivity index (χ4n) is 3.49. The summed E-state index contributed by atoms with van der Waals surface area (Å²) >= 11 is 0. The number of carboxylic acids is 2. The first kappa shape index (κ1) is 33.6. The summed E-state index contributed by atoms with van der Waals surface area (Å²) in [5.41, 5.74) is 17.0. The quantitative estimate of drug-likeness (QED) is 0.0587. The van der Waals surface area contributed by atoms with Crippen LogP contribution in [0.2, 0.25) is 0 Å². The first-order valence-corrected chi connectivity index (χ1v) is 12.7. The maximum atomic E-state index is 13.2. The molecule has 0 radical (unpaired) electrons. The molecule has 222 valence electrons. The smallest absolute Gasteiger partial charge is 0.326 e. The van der Waals surface area contributed by atoms with E-state index in [0.717, 1.165) is 0 Å². The lowest BCUT2D eigenvalue weighted by atomic mass is 10.0. The number of carbonyl (C=O) groups is 5. The monoisotopic (exact) mass is 565 g/mol. The molecule has 15 nitrogen and oxygen atoms in total. The van der Waals surface area contributed by atoms with Crippen molar-refractivity contribution in [3.63, 3.8) is 0 Å². The Morgan fingerprint density at radius 2 is 1.38 bits per heavy atom. The highest BCUT2D eigenvalue weighted by molar-refractivity contribution is 5.94. The van der Waals surface area contributed by atoms with Gasteiger partial charge in [0.05, 0.1) is 6.04 Å². The maximum absolute atomic E-state index is 13.2. The summed E-state index contributed by atoms with van der Waals surface area (Å²) in [4.78, 5) is 65.6. The highest BCUT2D eigenvalue weighted by Crippen LogP contribution is 2.12. The second-order valence-corrected chi connectivity index (χ2v) is 9.54. The van der Waals surface area contributed by atoms with Gasteiger partial charge in [-0.15, -0.1) is 0 Å². The van der Waals surface area contributed by atoms with Crippen LogP contribution >= 0.6 is 0 Å². The van der Waals surface area contributed by atoms with Gasteiger partial charge in [-0.05, 0) is 42.9 Å². The molecule has 0 bridgehead atoms. The zero-order valence-electron chi connectivity index (χ0n) is 22.5. The third kappa shape index (κ3) is 12.4. The first-order chi connectivity index (χ1) is 18.7. The second-order valence-electron chi connectivity index (χ2n) is 9.54. The van der Waals surface area contributed by atoms with Crippen LogP contribution in [0.3, 0.4) is 0 Å². The number of nitrogens with one attached hydrogen (secondary N) is 3. The van der Waals surface area contributed by atoms with E-state index in [1.165, 1.54) is 24.3 Å².